The molecule has 0 spiro atoms. The number of rotatable bonds is 2. The first-order valence-corrected chi connectivity index (χ1v) is 5.18. The molecular formula is C11H12ClNO2. The second-order valence-electron chi connectivity index (χ2n) is 3.59. The minimum absolute atomic E-state index is 0.0897. The van der Waals surface area contributed by atoms with E-state index in [1.165, 1.54) is 0 Å². The molecule has 1 N–H and O–H groups in total. The predicted molar refractivity (Wildman–Crippen MR) is 58.4 cm³/mol. The SMILES string of the molecule is COc1ccc([C@@H]2CNC(=O)C2)c(Cl)c1. The predicted octanol–water partition coefficient (Wildman–Crippen LogP) is 1.95. The van der Waals surface area contributed by atoms with Crippen LogP contribution in [0.3, 0.4) is 0 Å². The van der Waals surface area contributed by atoms with E-state index in [1.807, 2.05) is 12.1 Å². The molecule has 15 heavy (non-hydrogen) atoms. The van der Waals surface area contributed by atoms with Crippen molar-refractivity contribution >= 4 is 17.5 Å². The Labute approximate surface area is 93.4 Å². The molecular weight excluding hydrogens is 214 g/mol. The van der Waals surface area contributed by atoms with Crippen LogP contribution in [0, 0.1) is 0 Å². The largest absolute Gasteiger partial charge is 0.497 e. The van der Waals surface area contributed by atoms with Crippen LogP contribution in [-0.2, 0) is 4.79 Å². The first kappa shape index (κ1) is 10.3. The van der Waals surface area contributed by atoms with Gasteiger partial charge in [-0.3, -0.25) is 4.79 Å². The topological polar surface area (TPSA) is 38.3 Å². The molecule has 3 nitrogen and oxygen atoms in total. The minimum Gasteiger partial charge on any atom is -0.497 e. The molecule has 1 amide bonds. The Balaban J connectivity index is 2.25. The first-order valence-electron chi connectivity index (χ1n) is 4.81. The third-order valence-electron chi connectivity index (χ3n) is 2.62. The fourth-order valence-electron chi connectivity index (χ4n) is 1.79. The van der Waals surface area contributed by atoms with Crippen LogP contribution in [0.4, 0.5) is 0 Å². The Morgan fingerprint density at radius 2 is 2.33 bits per heavy atom. The third kappa shape index (κ3) is 2.07. The Morgan fingerprint density at radius 3 is 2.87 bits per heavy atom. The summed E-state index contributed by atoms with van der Waals surface area (Å²) < 4.78 is 5.07. The molecule has 80 valence electrons. The number of benzene rings is 1. The van der Waals surface area contributed by atoms with Gasteiger partial charge in [0, 0.05) is 23.9 Å². The number of carbonyl (C=O) groups excluding carboxylic acids is 1. The lowest BCUT2D eigenvalue weighted by Crippen LogP contribution is -2.13. The molecule has 4 heteroatoms. The Kier molecular flexibility index (Phi) is 2.82. The summed E-state index contributed by atoms with van der Waals surface area (Å²) in [5.41, 5.74) is 1.01. The van der Waals surface area contributed by atoms with Gasteiger partial charge in [0.15, 0.2) is 0 Å². The summed E-state index contributed by atoms with van der Waals surface area (Å²) in [6, 6.07) is 5.57. The van der Waals surface area contributed by atoms with Crippen molar-refractivity contribution in [2.45, 2.75) is 12.3 Å². The van der Waals surface area contributed by atoms with Gasteiger partial charge in [-0.05, 0) is 17.7 Å². The molecule has 1 aromatic rings. The number of amides is 1. The van der Waals surface area contributed by atoms with Crippen LogP contribution >= 0.6 is 11.6 Å². The number of hydrogen-bond donors (Lipinski definition) is 1. The highest BCUT2D eigenvalue weighted by Gasteiger charge is 2.24. The maximum Gasteiger partial charge on any atom is 0.220 e. The molecule has 0 unspecified atom stereocenters. The summed E-state index contributed by atoms with van der Waals surface area (Å²) in [5.74, 6) is 1.02. The van der Waals surface area contributed by atoms with Crippen LogP contribution in [0.2, 0.25) is 5.02 Å². The molecule has 1 atom stereocenters. The average Bonchev–Trinajstić information content (AvgIpc) is 2.64. The molecule has 2 rings (SSSR count). The number of halogens is 1. The molecule has 1 heterocycles. The second kappa shape index (κ2) is 4.11. The first-order chi connectivity index (χ1) is 7.20. The van der Waals surface area contributed by atoms with Gasteiger partial charge in [-0.15, -0.1) is 0 Å². The zero-order valence-corrected chi connectivity index (χ0v) is 9.17. The van der Waals surface area contributed by atoms with Crippen molar-refractivity contribution in [3.63, 3.8) is 0 Å². The van der Waals surface area contributed by atoms with Gasteiger partial charge in [0.25, 0.3) is 0 Å². The highest BCUT2D eigenvalue weighted by atomic mass is 35.5. The lowest BCUT2D eigenvalue weighted by Gasteiger charge is -2.11. The van der Waals surface area contributed by atoms with Gasteiger partial charge in [0.1, 0.15) is 5.75 Å². The van der Waals surface area contributed by atoms with Crippen molar-refractivity contribution in [1.82, 2.24) is 5.32 Å². The highest BCUT2D eigenvalue weighted by Crippen LogP contribution is 2.31. The summed E-state index contributed by atoms with van der Waals surface area (Å²) >= 11 is 6.12. The lowest BCUT2D eigenvalue weighted by atomic mass is 9.98. The Hall–Kier alpha value is -1.22. The van der Waals surface area contributed by atoms with E-state index in [2.05, 4.69) is 5.32 Å². The van der Waals surface area contributed by atoms with E-state index in [9.17, 15) is 4.79 Å². The van der Waals surface area contributed by atoms with Gasteiger partial charge in [0.05, 0.1) is 7.11 Å². The van der Waals surface area contributed by atoms with E-state index in [0.717, 1.165) is 11.3 Å². The average molecular weight is 226 g/mol. The van der Waals surface area contributed by atoms with E-state index in [0.29, 0.717) is 18.0 Å². The summed E-state index contributed by atoms with van der Waals surface area (Å²) in [6.45, 7) is 0.672. The van der Waals surface area contributed by atoms with Gasteiger partial charge in [-0.2, -0.15) is 0 Å². The maximum atomic E-state index is 11.1. The van der Waals surface area contributed by atoms with Gasteiger partial charge in [-0.25, -0.2) is 0 Å². The van der Waals surface area contributed by atoms with Crippen molar-refractivity contribution in [2.24, 2.45) is 0 Å². The summed E-state index contributed by atoms with van der Waals surface area (Å²) in [7, 11) is 1.60. The molecule has 0 radical (unpaired) electrons. The minimum atomic E-state index is 0.0897. The van der Waals surface area contributed by atoms with Crippen LogP contribution < -0.4 is 10.1 Å². The molecule has 1 saturated heterocycles. The number of ether oxygens (including phenoxy) is 1. The fourth-order valence-corrected chi connectivity index (χ4v) is 2.12. The summed E-state index contributed by atoms with van der Waals surface area (Å²) in [5, 5.41) is 3.46. The molecule has 0 saturated carbocycles. The normalized spacial score (nSPS) is 20.1. The third-order valence-corrected chi connectivity index (χ3v) is 2.95. The highest BCUT2D eigenvalue weighted by molar-refractivity contribution is 6.31. The molecule has 1 aliphatic rings. The fraction of sp³-hybridized carbons (Fsp3) is 0.364. The van der Waals surface area contributed by atoms with Crippen LogP contribution in [0.15, 0.2) is 18.2 Å². The molecule has 0 bridgehead atoms. The summed E-state index contributed by atoms with van der Waals surface area (Å²) in [6.07, 6.45) is 0.520. The van der Waals surface area contributed by atoms with Crippen LogP contribution in [0.1, 0.15) is 17.9 Å². The molecule has 1 fully saturated rings. The zero-order chi connectivity index (χ0) is 10.8. The second-order valence-corrected chi connectivity index (χ2v) is 4.00. The monoisotopic (exact) mass is 225 g/mol. The zero-order valence-electron chi connectivity index (χ0n) is 8.42. The Bertz CT molecular complexity index is 392. The Morgan fingerprint density at radius 1 is 1.53 bits per heavy atom. The van der Waals surface area contributed by atoms with E-state index >= 15 is 0 Å². The van der Waals surface area contributed by atoms with E-state index < -0.39 is 0 Å². The van der Waals surface area contributed by atoms with Crippen molar-refractivity contribution in [1.29, 1.82) is 0 Å². The van der Waals surface area contributed by atoms with Gasteiger partial charge in [0.2, 0.25) is 5.91 Å². The van der Waals surface area contributed by atoms with Gasteiger partial charge >= 0.3 is 0 Å². The van der Waals surface area contributed by atoms with Crippen molar-refractivity contribution in [3.05, 3.63) is 28.8 Å². The van der Waals surface area contributed by atoms with Crippen molar-refractivity contribution in [3.8, 4) is 5.75 Å². The van der Waals surface area contributed by atoms with E-state index in [4.69, 9.17) is 16.3 Å². The maximum absolute atomic E-state index is 11.1. The number of nitrogens with one attached hydrogen (secondary N) is 1. The van der Waals surface area contributed by atoms with Crippen molar-refractivity contribution < 1.29 is 9.53 Å². The van der Waals surface area contributed by atoms with E-state index in [-0.39, 0.29) is 11.8 Å². The van der Waals surface area contributed by atoms with Crippen LogP contribution in [0.5, 0.6) is 5.75 Å². The number of hydrogen-bond acceptors (Lipinski definition) is 2. The van der Waals surface area contributed by atoms with Crippen LogP contribution in [0.25, 0.3) is 0 Å². The van der Waals surface area contributed by atoms with E-state index in [1.54, 1.807) is 13.2 Å². The molecule has 0 aliphatic carbocycles. The molecule has 1 aromatic carbocycles. The summed E-state index contributed by atoms with van der Waals surface area (Å²) in [4.78, 5) is 11.1. The number of methoxy groups -OCH3 is 1. The van der Waals surface area contributed by atoms with Crippen molar-refractivity contribution in [2.75, 3.05) is 13.7 Å². The molecule has 1 aliphatic heterocycles. The standard InChI is InChI=1S/C11H12ClNO2/c1-15-8-2-3-9(10(12)5-8)7-4-11(14)13-6-7/h2-3,5,7H,4,6H2,1H3,(H,13,14)/t7-/m0/s1. The van der Waals surface area contributed by atoms with Crippen LogP contribution in [-0.4, -0.2) is 19.6 Å². The van der Waals surface area contributed by atoms with Gasteiger partial charge < -0.3 is 10.1 Å². The quantitative estimate of drug-likeness (QED) is 0.836. The van der Waals surface area contributed by atoms with Gasteiger partial charge in [-0.1, -0.05) is 17.7 Å². The lowest BCUT2D eigenvalue weighted by molar-refractivity contribution is -0.119. The number of carbonyl (C=O) groups is 1. The molecule has 0 aromatic heterocycles. The smallest absolute Gasteiger partial charge is 0.220 e.